The van der Waals surface area contributed by atoms with E-state index in [1.165, 1.54) is 6.42 Å². The smallest absolute Gasteiger partial charge is 0.0693 e. The summed E-state index contributed by atoms with van der Waals surface area (Å²) in [7, 11) is 0. The quantitative estimate of drug-likeness (QED) is 0.711. The second kappa shape index (κ2) is 3.42. The van der Waals surface area contributed by atoms with Crippen LogP contribution in [-0.2, 0) is 6.42 Å². The largest absolute Gasteiger partial charge is 0.258 e. The van der Waals surface area contributed by atoms with Gasteiger partial charge in [0.05, 0.1) is 11.5 Å². The molecule has 1 saturated carbocycles. The minimum atomic E-state index is -0.0964. The number of hydrogen-bond donors (Lipinski definition) is 0. The van der Waals surface area contributed by atoms with Gasteiger partial charge in [-0.25, -0.2) is 0 Å². The van der Waals surface area contributed by atoms with Gasteiger partial charge in [-0.1, -0.05) is 12.5 Å². The molecule has 0 aromatic carbocycles. The lowest BCUT2D eigenvalue weighted by molar-refractivity contribution is 0.212. The van der Waals surface area contributed by atoms with Gasteiger partial charge in [0.15, 0.2) is 0 Å². The fraction of sp³-hybridized carbons (Fsp3) is 0.500. The van der Waals surface area contributed by atoms with E-state index in [-0.39, 0.29) is 5.41 Å². The van der Waals surface area contributed by atoms with Crippen molar-refractivity contribution in [2.24, 2.45) is 5.41 Å². The van der Waals surface area contributed by atoms with Crippen LogP contribution in [0.15, 0.2) is 18.2 Å². The molecule has 72 valence electrons. The number of aromatic nitrogens is 1. The summed E-state index contributed by atoms with van der Waals surface area (Å²) >= 11 is 0. The number of rotatable bonds is 2. The molecule has 0 N–H and O–H groups in total. The Hall–Kier alpha value is -1.36. The molecule has 1 aliphatic rings. The van der Waals surface area contributed by atoms with E-state index in [9.17, 15) is 0 Å². The van der Waals surface area contributed by atoms with Crippen LogP contribution in [0.25, 0.3) is 0 Å². The molecule has 0 atom stereocenters. The van der Waals surface area contributed by atoms with E-state index in [0.717, 1.165) is 30.7 Å². The Bertz CT molecular complexity index is 372. The van der Waals surface area contributed by atoms with Gasteiger partial charge < -0.3 is 0 Å². The van der Waals surface area contributed by atoms with Crippen molar-refractivity contribution in [1.29, 1.82) is 5.26 Å². The molecular formula is C12H14N2. The maximum absolute atomic E-state index is 9.09. The van der Waals surface area contributed by atoms with Crippen LogP contribution >= 0.6 is 0 Å². The predicted molar refractivity (Wildman–Crippen MR) is 54.6 cm³/mol. The molecule has 1 aliphatic carbocycles. The third kappa shape index (κ3) is 1.63. The van der Waals surface area contributed by atoms with Crippen molar-refractivity contribution in [2.45, 2.75) is 32.6 Å². The van der Waals surface area contributed by atoms with Crippen molar-refractivity contribution in [3.63, 3.8) is 0 Å². The molecule has 2 rings (SSSR count). The molecule has 1 heterocycles. The van der Waals surface area contributed by atoms with E-state index in [1.807, 2.05) is 25.1 Å². The summed E-state index contributed by atoms with van der Waals surface area (Å²) in [4.78, 5) is 4.44. The lowest BCUT2D eigenvalue weighted by atomic mass is 9.67. The van der Waals surface area contributed by atoms with Crippen LogP contribution in [0.4, 0.5) is 0 Å². The zero-order chi connectivity index (χ0) is 10.0. The first-order chi connectivity index (χ1) is 6.74. The Morgan fingerprint density at radius 2 is 2.29 bits per heavy atom. The minimum absolute atomic E-state index is 0.0964. The molecule has 0 radical (unpaired) electrons. The van der Waals surface area contributed by atoms with Gasteiger partial charge in [0.2, 0.25) is 0 Å². The van der Waals surface area contributed by atoms with Crippen LogP contribution in [0.5, 0.6) is 0 Å². The van der Waals surface area contributed by atoms with Gasteiger partial charge in [0.25, 0.3) is 0 Å². The first kappa shape index (κ1) is 9.21. The van der Waals surface area contributed by atoms with Crippen molar-refractivity contribution in [3.05, 3.63) is 29.6 Å². The molecular weight excluding hydrogens is 172 g/mol. The average molecular weight is 186 g/mol. The highest BCUT2D eigenvalue weighted by Gasteiger charge is 2.37. The van der Waals surface area contributed by atoms with Gasteiger partial charge in [-0.2, -0.15) is 5.26 Å². The molecule has 0 amide bonds. The van der Waals surface area contributed by atoms with E-state index >= 15 is 0 Å². The van der Waals surface area contributed by atoms with Crippen LogP contribution < -0.4 is 0 Å². The number of hydrogen-bond acceptors (Lipinski definition) is 2. The van der Waals surface area contributed by atoms with Crippen LogP contribution in [0.2, 0.25) is 0 Å². The molecule has 0 spiro atoms. The molecule has 14 heavy (non-hydrogen) atoms. The van der Waals surface area contributed by atoms with Gasteiger partial charge >= 0.3 is 0 Å². The zero-order valence-corrected chi connectivity index (χ0v) is 8.45. The van der Waals surface area contributed by atoms with E-state index in [0.29, 0.717) is 0 Å². The second-order valence-electron chi connectivity index (χ2n) is 4.19. The van der Waals surface area contributed by atoms with Crippen LogP contribution in [0.3, 0.4) is 0 Å². The summed E-state index contributed by atoms with van der Waals surface area (Å²) in [6.45, 7) is 1.99. The van der Waals surface area contributed by atoms with Gasteiger partial charge in [-0.15, -0.1) is 0 Å². The summed E-state index contributed by atoms with van der Waals surface area (Å²) in [5.41, 5.74) is 2.00. The summed E-state index contributed by atoms with van der Waals surface area (Å²) in [5, 5.41) is 9.09. The number of nitriles is 1. The molecule has 0 bridgehead atoms. The van der Waals surface area contributed by atoms with E-state index in [1.54, 1.807) is 0 Å². The molecule has 1 fully saturated rings. The highest BCUT2D eigenvalue weighted by atomic mass is 14.7. The topological polar surface area (TPSA) is 36.7 Å². The van der Waals surface area contributed by atoms with E-state index in [4.69, 9.17) is 5.26 Å². The first-order valence-electron chi connectivity index (χ1n) is 5.08. The number of pyridine rings is 1. The summed E-state index contributed by atoms with van der Waals surface area (Å²) < 4.78 is 0. The monoisotopic (exact) mass is 186 g/mol. The van der Waals surface area contributed by atoms with Crippen molar-refractivity contribution in [1.82, 2.24) is 4.98 Å². The molecule has 0 saturated heterocycles. The van der Waals surface area contributed by atoms with Crippen molar-refractivity contribution in [3.8, 4) is 6.07 Å². The predicted octanol–water partition coefficient (Wildman–Crippen LogP) is 2.63. The lowest BCUT2D eigenvalue weighted by Crippen LogP contribution is -2.30. The Kier molecular flexibility index (Phi) is 2.25. The minimum Gasteiger partial charge on any atom is -0.258 e. The average Bonchev–Trinajstić information content (AvgIpc) is 2.11. The fourth-order valence-electron chi connectivity index (χ4n) is 1.98. The van der Waals surface area contributed by atoms with Crippen LogP contribution in [0.1, 0.15) is 30.7 Å². The van der Waals surface area contributed by atoms with Crippen molar-refractivity contribution in [2.75, 3.05) is 0 Å². The van der Waals surface area contributed by atoms with Gasteiger partial charge in [-0.05, 0) is 31.9 Å². The fourth-order valence-corrected chi connectivity index (χ4v) is 1.98. The molecule has 0 aliphatic heterocycles. The summed E-state index contributed by atoms with van der Waals surface area (Å²) in [6.07, 6.45) is 4.10. The second-order valence-corrected chi connectivity index (χ2v) is 4.19. The van der Waals surface area contributed by atoms with E-state index < -0.39 is 0 Å². The van der Waals surface area contributed by atoms with Crippen LogP contribution in [0, 0.1) is 23.7 Å². The van der Waals surface area contributed by atoms with Crippen molar-refractivity contribution >= 4 is 0 Å². The summed E-state index contributed by atoms with van der Waals surface area (Å²) in [6, 6.07) is 8.47. The standard InChI is InChI=1S/C12H14N2/c1-10-4-2-5-11(14-10)8-12(9-13)6-3-7-12/h2,4-5H,3,6-8H2,1H3. The number of aryl methyl sites for hydroxylation is 1. The first-order valence-corrected chi connectivity index (χ1v) is 5.08. The van der Waals surface area contributed by atoms with E-state index in [2.05, 4.69) is 11.1 Å². The molecule has 2 heteroatoms. The highest BCUT2D eigenvalue weighted by Crippen LogP contribution is 2.42. The Balaban J connectivity index is 2.14. The third-order valence-electron chi connectivity index (χ3n) is 3.01. The normalized spacial score (nSPS) is 18.3. The van der Waals surface area contributed by atoms with Gasteiger partial charge in [0.1, 0.15) is 0 Å². The van der Waals surface area contributed by atoms with Crippen molar-refractivity contribution < 1.29 is 0 Å². The van der Waals surface area contributed by atoms with Gasteiger partial charge in [-0.3, -0.25) is 4.98 Å². The summed E-state index contributed by atoms with van der Waals surface area (Å²) in [5.74, 6) is 0. The third-order valence-corrected chi connectivity index (χ3v) is 3.01. The lowest BCUT2D eigenvalue weighted by Gasteiger charge is -2.34. The Morgan fingerprint density at radius 1 is 1.50 bits per heavy atom. The molecule has 1 aromatic heterocycles. The zero-order valence-electron chi connectivity index (χ0n) is 8.45. The maximum Gasteiger partial charge on any atom is 0.0693 e. The van der Waals surface area contributed by atoms with Crippen LogP contribution in [-0.4, -0.2) is 4.98 Å². The Morgan fingerprint density at radius 3 is 2.79 bits per heavy atom. The molecule has 2 nitrogen and oxygen atoms in total. The Labute approximate surface area is 84.6 Å². The molecule has 1 aromatic rings. The SMILES string of the molecule is Cc1cccc(CC2(C#N)CCC2)n1. The maximum atomic E-state index is 9.09. The highest BCUT2D eigenvalue weighted by molar-refractivity contribution is 5.16. The van der Waals surface area contributed by atoms with Gasteiger partial charge in [0, 0.05) is 17.8 Å². The molecule has 0 unspecified atom stereocenters. The number of nitrogens with zero attached hydrogens (tertiary/aromatic N) is 2.